The van der Waals surface area contributed by atoms with E-state index in [-0.39, 0.29) is 42.6 Å². The summed E-state index contributed by atoms with van der Waals surface area (Å²) >= 11 is 0. The Hall–Kier alpha value is -4.14. The Labute approximate surface area is 265 Å². The predicted molar refractivity (Wildman–Crippen MR) is 164 cm³/mol. The van der Waals surface area contributed by atoms with Crippen LogP contribution in [0.2, 0.25) is 0 Å². The number of methoxy groups -OCH3 is 1. The molecule has 0 aromatic heterocycles. The Morgan fingerprint density at radius 3 is 2.24 bits per heavy atom. The monoisotopic (exact) mass is 663 g/mol. The van der Waals surface area contributed by atoms with Crippen LogP contribution in [0, 0.1) is 5.92 Å². The molecule has 2 amide bonds. The van der Waals surface area contributed by atoms with Crippen molar-refractivity contribution in [3.8, 4) is 5.75 Å². The lowest BCUT2D eigenvalue weighted by Gasteiger charge is -2.31. The maximum atomic E-state index is 13.7. The average molecular weight is 664 g/mol. The van der Waals surface area contributed by atoms with Crippen molar-refractivity contribution in [2.24, 2.45) is 5.92 Å². The lowest BCUT2D eigenvalue weighted by atomic mass is 10.0. The van der Waals surface area contributed by atoms with Gasteiger partial charge < -0.3 is 19.9 Å². The van der Waals surface area contributed by atoms with E-state index in [1.54, 1.807) is 30.3 Å². The first kappa shape index (κ1) is 34.7. The van der Waals surface area contributed by atoms with Gasteiger partial charge in [0.2, 0.25) is 10.0 Å². The third-order valence-corrected chi connectivity index (χ3v) is 9.20. The summed E-state index contributed by atoms with van der Waals surface area (Å²) < 4.78 is 77.8. The number of benzene rings is 3. The summed E-state index contributed by atoms with van der Waals surface area (Å²) in [6, 6.07) is 17.7. The molecular weight excluding hydrogens is 627 g/mol. The summed E-state index contributed by atoms with van der Waals surface area (Å²) in [6.45, 7) is 3.12. The van der Waals surface area contributed by atoms with Crippen LogP contribution in [0.1, 0.15) is 25.0 Å². The van der Waals surface area contributed by atoms with Crippen LogP contribution < -0.4 is 15.0 Å². The molecule has 14 heteroatoms. The zero-order valence-electron chi connectivity index (χ0n) is 25.5. The van der Waals surface area contributed by atoms with Crippen molar-refractivity contribution < 1.29 is 45.8 Å². The molecule has 0 bridgehead atoms. The van der Waals surface area contributed by atoms with Gasteiger partial charge in [-0.25, -0.2) is 13.2 Å². The Kier molecular flexibility index (Phi) is 11.0. The average Bonchev–Trinajstić information content (AvgIpc) is 3.41. The minimum atomic E-state index is -4.56. The number of cyclic esters (lactones) is 1. The number of amides is 2. The van der Waals surface area contributed by atoms with Gasteiger partial charge in [-0.3, -0.25) is 9.69 Å². The van der Waals surface area contributed by atoms with Gasteiger partial charge in [0.1, 0.15) is 5.75 Å². The number of aliphatic hydroxyl groups excluding tert-OH is 1. The number of sulfonamides is 1. The van der Waals surface area contributed by atoms with Crippen molar-refractivity contribution in [1.29, 1.82) is 0 Å². The number of carbonyl (C=O) groups is 2. The van der Waals surface area contributed by atoms with E-state index >= 15 is 0 Å². The molecule has 0 radical (unpaired) electrons. The van der Waals surface area contributed by atoms with Crippen LogP contribution in [0.5, 0.6) is 5.75 Å². The maximum Gasteiger partial charge on any atom is 0.416 e. The normalized spacial score (nSPS) is 16.8. The van der Waals surface area contributed by atoms with Gasteiger partial charge >= 0.3 is 12.3 Å². The van der Waals surface area contributed by atoms with E-state index in [9.17, 15) is 36.3 Å². The molecular formula is C32H36F3N3O7S. The molecule has 1 fully saturated rings. The summed E-state index contributed by atoms with van der Waals surface area (Å²) in [6.07, 6.45) is -8.09. The number of halogens is 3. The molecule has 3 aromatic rings. The molecule has 1 aliphatic heterocycles. The van der Waals surface area contributed by atoms with Crippen molar-refractivity contribution >= 4 is 27.7 Å². The fraction of sp³-hybridized carbons (Fsp3) is 0.375. The molecule has 0 saturated carbocycles. The van der Waals surface area contributed by atoms with Gasteiger partial charge in [0, 0.05) is 18.8 Å². The molecule has 0 aliphatic carbocycles. The van der Waals surface area contributed by atoms with Gasteiger partial charge in [0.25, 0.3) is 5.91 Å². The first-order chi connectivity index (χ1) is 21.7. The van der Waals surface area contributed by atoms with Gasteiger partial charge in [-0.2, -0.15) is 17.5 Å². The van der Waals surface area contributed by atoms with E-state index in [2.05, 4.69) is 5.32 Å². The highest BCUT2D eigenvalue weighted by atomic mass is 32.2. The summed E-state index contributed by atoms with van der Waals surface area (Å²) in [5, 5.41) is 14.2. The highest BCUT2D eigenvalue weighted by Crippen LogP contribution is 2.31. The first-order valence-electron chi connectivity index (χ1n) is 14.5. The number of hydrogen-bond acceptors (Lipinski definition) is 7. The first-order valence-corrected chi connectivity index (χ1v) is 15.9. The smallest absolute Gasteiger partial charge is 0.416 e. The fourth-order valence-corrected chi connectivity index (χ4v) is 6.60. The van der Waals surface area contributed by atoms with Crippen molar-refractivity contribution in [3.63, 3.8) is 0 Å². The summed E-state index contributed by atoms with van der Waals surface area (Å²) in [4.78, 5) is 27.0. The molecule has 1 aliphatic rings. The molecule has 248 valence electrons. The van der Waals surface area contributed by atoms with Gasteiger partial charge in [0.05, 0.1) is 36.3 Å². The lowest BCUT2D eigenvalue weighted by molar-refractivity contribution is -0.137. The van der Waals surface area contributed by atoms with Crippen molar-refractivity contribution in [2.45, 2.75) is 49.6 Å². The zero-order chi connectivity index (χ0) is 33.6. The maximum absolute atomic E-state index is 13.7. The molecule has 3 aromatic carbocycles. The zero-order valence-corrected chi connectivity index (χ0v) is 26.3. The number of nitrogens with zero attached hydrogens (tertiary/aromatic N) is 2. The second kappa shape index (κ2) is 14.5. The predicted octanol–water partition coefficient (Wildman–Crippen LogP) is 4.47. The number of hydrogen-bond donors (Lipinski definition) is 2. The number of anilines is 1. The van der Waals surface area contributed by atoms with E-state index in [4.69, 9.17) is 9.47 Å². The molecule has 3 atom stereocenters. The SMILES string of the molecule is COc1ccc(S(=O)(=O)N(CC(C)C)C[C@@H](O)[C@H](Cc2ccccc2)NC(=O)[C@@H]2CN(c3ccc(C(F)(F)F)cc3)C(=O)O2)cc1. The Bertz CT molecular complexity index is 1590. The van der Waals surface area contributed by atoms with Crippen molar-refractivity contribution in [3.05, 3.63) is 90.0 Å². The van der Waals surface area contributed by atoms with Crippen LogP contribution in [-0.4, -0.2) is 74.8 Å². The molecule has 10 nitrogen and oxygen atoms in total. The minimum Gasteiger partial charge on any atom is -0.497 e. The number of nitrogens with one attached hydrogen (secondary N) is 1. The molecule has 1 heterocycles. The number of rotatable bonds is 13. The van der Waals surface area contributed by atoms with E-state index in [0.29, 0.717) is 5.75 Å². The van der Waals surface area contributed by atoms with Gasteiger partial charge in [0.15, 0.2) is 6.10 Å². The Morgan fingerprint density at radius 2 is 1.67 bits per heavy atom. The topological polar surface area (TPSA) is 125 Å². The number of ether oxygens (including phenoxy) is 2. The van der Waals surface area contributed by atoms with Crippen LogP contribution in [0.3, 0.4) is 0 Å². The number of alkyl halides is 3. The fourth-order valence-electron chi connectivity index (χ4n) is 4.98. The summed E-state index contributed by atoms with van der Waals surface area (Å²) in [5.41, 5.74) is -0.0336. The molecule has 46 heavy (non-hydrogen) atoms. The van der Waals surface area contributed by atoms with Crippen molar-refractivity contribution in [2.75, 3.05) is 31.6 Å². The minimum absolute atomic E-state index is 0.00557. The highest BCUT2D eigenvalue weighted by Gasteiger charge is 2.40. The van der Waals surface area contributed by atoms with E-state index in [1.165, 1.54) is 31.4 Å². The van der Waals surface area contributed by atoms with E-state index < -0.39 is 52.0 Å². The van der Waals surface area contributed by atoms with Crippen LogP contribution in [0.15, 0.2) is 83.8 Å². The lowest BCUT2D eigenvalue weighted by Crippen LogP contribution is -2.53. The summed E-state index contributed by atoms with van der Waals surface area (Å²) in [7, 11) is -2.60. The molecule has 0 spiro atoms. The second-order valence-electron chi connectivity index (χ2n) is 11.3. The number of carbonyl (C=O) groups excluding carboxylic acids is 2. The highest BCUT2D eigenvalue weighted by molar-refractivity contribution is 7.89. The summed E-state index contributed by atoms with van der Waals surface area (Å²) in [5.74, 6) is -0.378. The van der Waals surface area contributed by atoms with E-state index in [0.717, 1.165) is 39.0 Å². The van der Waals surface area contributed by atoms with Gasteiger partial charge in [-0.15, -0.1) is 0 Å². The van der Waals surface area contributed by atoms with Crippen LogP contribution in [0.4, 0.5) is 23.7 Å². The van der Waals surface area contributed by atoms with Crippen molar-refractivity contribution in [1.82, 2.24) is 9.62 Å². The molecule has 2 N–H and O–H groups in total. The Balaban J connectivity index is 1.53. The molecule has 1 saturated heterocycles. The van der Waals surface area contributed by atoms with Gasteiger partial charge in [-0.1, -0.05) is 44.2 Å². The molecule has 0 unspecified atom stereocenters. The third-order valence-electron chi connectivity index (χ3n) is 7.36. The standard InChI is InChI=1S/C32H36F3N3O7S/c1-21(2)18-37(46(42,43)26-15-13-25(44-3)14-16-26)19-28(39)27(17-22-7-5-4-6-8-22)36-30(40)29-20-38(31(41)45-29)24-11-9-23(10-12-24)32(33,34)35/h4-16,21,27-29,39H,17-20H2,1-3H3,(H,36,40)/t27-,28+,29-/m0/s1. The van der Waals surface area contributed by atoms with Crippen LogP contribution in [-0.2, 0) is 32.2 Å². The number of aliphatic hydroxyl groups is 1. The Morgan fingerprint density at radius 1 is 1.04 bits per heavy atom. The largest absolute Gasteiger partial charge is 0.497 e. The second-order valence-corrected chi connectivity index (χ2v) is 13.2. The third kappa shape index (κ3) is 8.56. The van der Waals surface area contributed by atoms with E-state index in [1.807, 2.05) is 13.8 Å². The van der Waals surface area contributed by atoms with Crippen LogP contribution >= 0.6 is 0 Å². The van der Waals surface area contributed by atoms with Gasteiger partial charge in [-0.05, 0) is 66.4 Å². The van der Waals surface area contributed by atoms with Crippen LogP contribution in [0.25, 0.3) is 0 Å². The quantitative estimate of drug-likeness (QED) is 0.277. The molecule has 4 rings (SSSR count).